The lowest BCUT2D eigenvalue weighted by Crippen LogP contribution is -2.53. The van der Waals surface area contributed by atoms with Gasteiger partial charge in [-0.3, -0.25) is 9.59 Å². The van der Waals surface area contributed by atoms with Crippen molar-refractivity contribution in [3.05, 3.63) is 0 Å². The molecule has 1 rings (SSSR count). The van der Waals surface area contributed by atoms with E-state index in [1.807, 2.05) is 0 Å². The van der Waals surface area contributed by atoms with Crippen LogP contribution < -0.4 is 0 Å². The summed E-state index contributed by atoms with van der Waals surface area (Å²) in [5.74, 6) is -7.73. The van der Waals surface area contributed by atoms with Crippen LogP contribution >= 0.6 is 0 Å². The second-order valence-corrected chi connectivity index (χ2v) is 4.50. The molecule has 1 saturated heterocycles. The fourth-order valence-electron chi connectivity index (χ4n) is 2.14. The molecular formula is C11H15F4NO3. The molecule has 0 aliphatic carbocycles. The lowest BCUT2D eigenvalue weighted by Gasteiger charge is -2.37. The zero-order valence-corrected chi connectivity index (χ0v) is 10.1. The highest BCUT2D eigenvalue weighted by molar-refractivity contribution is 5.84. The molecule has 1 N–H and O–H groups in total. The second-order valence-electron chi connectivity index (χ2n) is 4.50. The summed E-state index contributed by atoms with van der Waals surface area (Å²) >= 11 is 0. The second kappa shape index (κ2) is 6.21. The number of carboxylic acids is 1. The highest BCUT2D eigenvalue weighted by atomic mass is 19.3. The van der Waals surface area contributed by atoms with Crippen LogP contribution in [0.1, 0.15) is 32.1 Å². The molecule has 19 heavy (non-hydrogen) atoms. The Morgan fingerprint density at radius 1 is 1.32 bits per heavy atom. The molecule has 4 nitrogen and oxygen atoms in total. The van der Waals surface area contributed by atoms with E-state index in [4.69, 9.17) is 5.11 Å². The summed E-state index contributed by atoms with van der Waals surface area (Å²) in [7, 11) is 0. The maximum atomic E-state index is 13.0. The average molecular weight is 285 g/mol. The molecule has 0 aromatic rings. The van der Waals surface area contributed by atoms with Gasteiger partial charge in [0.1, 0.15) is 0 Å². The number of amides is 1. The van der Waals surface area contributed by atoms with Crippen LogP contribution in [-0.4, -0.2) is 46.8 Å². The summed E-state index contributed by atoms with van der Waals surface area (Å²) in [5.41, 5.74) is 0. The van der Waals surface area contributed by atoms with Gasteiger partial charge in [-0.2, -0.15) is 8.78 Å². The van der Waals surface area contributed by atoms with E-state index >= 15 is 0 Å². The molecule has 1 atom stereocenters. The van der Waals surface area contributed by atoms with E-state index in [1.54, 1.807) is 0 Å². The molecule has 0 saturated carbocycles. The van der Waals surface area contributed by atoms with Crippen molar-refractivity contribution in [3.63, 3.8) is 0 Å². The number of hydrogen-bond acceptors (Lipinski definition) is 2. The van der Waals surface area contributed by atoms with E-state index in [1.165, 1.54) is 0 Å². The van der Waals surface area contributed by atoms with E-state index in [-0.39, 0.29) is 19.4 Å². The SMILES string of the molecule is O=C(O)CCC1CCCCN1C(=O)C(F)(F)C(F)F. The van der Waals surface area contributed by atoms with Crippen molar-refractivity contribution in [2.75, 3.05) is 6.54 Å². The van der Waals surface area contributed by atoms with Crippen molar-refractivity contribution in [1.82, 2.24) is 4.90 Å². The minimum Gasteiger partial charge on any atom is -0.481 e. The summed E-state index contributed by atoms with van der Waals surface area (Å²) < 4.78 is 50.4. The van der Waals surface area contributed by atoms with Crippen LogP contribution in [0.25, 0.3) is 0 Å². The Kier molecular flexibility index (Phi) is 5.13. The molecular weight excluding hydrogens is 270 g/mol. The van der Waals surface area contributed by atoms with Crippen LogP contribution in [0, 0.1) is 0 Å². The van der Waals surface area contributed by atoms with Crippen molar-refractivity contribution in [2.24, 2.45) is 0 Å². The number of alkyl halides is 4. The van der Waals surface area contributed by atoms with Crippen LogP contribution in [0.5, 0.6) is 0 Å². The number of likely N-dealkylation sites (tertiary alicyclic amines) is 1. The third-order valence-electron chi connectivity index (χ3n) is 3.14. The molecule has 1 unspecified atom stereocenters. The zero-order chi connectivity index (χ0) is 14.6. The Morgan fingerprint density at radius 2 is 1.95 bits per heavy atom. The van der Waals surface area contributed by atoms with Crippen LogP contribution in [0.4, 0.5) is 17.6 Å². The molecule has 0 bridgehead atoms. The molecule has 0 aromatic heterocycles. The molecule has 0 aromatic carbocycles. The number of rotatable bonds is 5. The van der Waals surface area contributed by atoms with Crippen LogP contribution in [0.3, 0.4) is 0 Å². The maximum absolute atomic E-state index is 13.0. The topological polar surface area (TPSA) is 57.6 Å². The van der Waals surface area contributed by atoms with Gasteiger partial charge in [-0.25, -0.2) is 8.78 Å². The van der Waals surface area contributed by atoms with E-state index in [0.29, 0.717) is 24.2 Å². The molecule has 1 aliphatic rings. The van der Waals surface area contributed by atoms with Gasteiger partial charge in [0.15, 0.2) is 0 Å². The molecule has 0 radical (unpaired) electrons. The van der Waals surface area contributed by atoms with E-state index in [2.05, 4.69) is 0 Å². The number of halogens is 4. The molecule has 8 heteroatoms. The smallest absolute Gasteiger partial charge is 0.383 e. The summed E-state index contributed by atoms with van der Waals surface area (Å²) in [6.45, 7) is -0.0363. The number of nitrogens with zero attached hydrogens (tertiary/aromatic N) is 1. The molecule has 110 valence electrons. The summed E-state index contributed by atoms with van der Waals surface area (Å²) in [5, 5.41) is 8.55. The zero-order valence-electron chi connectivity index (χ0n) is 10.1. The van der Waals surface area contributed by atoms with Gasteiger partial charge >= 0.3 is 18.3 Å². The Bertz CT molecular complexity index is 349. The quantitative estimate of drug-likeness (QED) is 0.787. The average Bonchev–Trinajstić information content (AvgIpc) is 2.35. The summed E-state index contributed by atoms with van der Waals surface area (Å²) in [6, 6.07) is -0.707. The first kappa shape index (κ1) is 15.7. The van der Waals surface area contributed by atoms with Gasteiger partial charge in [0.05, 0.1) is 0 Å². The molecule has 1 amide bonds. The maximum Gasteiger partial charge on any atom is 0.383 e. The predicted octanol–water partition coefficient (Wildman–Crippen LogP) is 2.13. The first-order chi connectivity index (χ1) is 8.76. The molecule has 1 aliphatic heterocycles. The molecule has 0 spiro atoms. The van der Waals surface area contributed by atoms with Crippen LogP contribution in [0.2, 0.25) is 0 Å². The van der Waals surface area contributed by atoms with Crippen molar-refractivity contribution < 1.29 is 32.3 Å². The highest BCUT2D eigenvalue weighted by Crippen LogP contribution is 2.30. The van der Waals surface area contributed by atoms with Crippen LogP contribution in [0.15, 0.2) is 0 Å². The van der Waals surface area contributed by atoms with Crippen LogP contribution in [-0.2, 0) is 9.59 Å². The largest absolute Gasteiger partial charge is 0.481 e. The fourth-order valence-corrected chi connectivity index (χ4v) is 2.14. The molecule has 1 fully saturated rings. The third kappa shape index (κ3) is 3.81. The van der Waals surface area contributed by atoms with E-state index < -0.39 is 30.3 Å². The highest BCUT2D eigenvalue weighted by Gasteiger charge is 2.52. The third-order valence-corrected chi connectivity index (χ3v) is 3.14. The first-order valence-electron chi connectivity index (χ1n) is 5.95. The van der Waals surface area contributed by atoms with E-state index in [0.717, 1.165) is 0 Å². The lowest BCUT2D eigenvalue weighted by atomic mass is 9.97. The monoisotopic (exact) mass is 285 g/mol. The fraction of sp³-hybridized carbons (Fsp3) is 0.818. The number of piperidine rings is 1. The van der Waals surface area contributed by atoms with Gasteiger partial charge < -0.3 is 10.0 Å². The number of carbonyl (C=O) groups is 2. The summed E-state index contributed by atoms with van der Waals surface area (Å²) in [6.07, 6.45) is -2.86. The minimum absolute atomic E-state index is 0.000388. The number of carbonyl (C=O) groups excluding carboxylic acids is 1. The Morgan fingerprint density at radius 3 is 2.47 bits per heavy atom. The lowest BCUT2D eigenvalue weighted by molar-refractivity contribution is -0.184. The number of aliphatic carboxylic acids is 1. The Balaban J connectivity index is 2.76. The first-order valence-corrected chi connectivity index (χ1v) is 5.95. The van der Waals surface area contributed by atoms with Gasteiger partial charge in [0.2, 0.25) is 0 Å². The van der Waals surface area contributed by atoms with Gasteiger partial charge in [-0.05, 0) is 25.7 Å². The number of carboxylic acid groups (broad SMARTS) is 1. The molecule has 1 heterocycles. The normalized spacial score (nSPS) is 20.7. The minimum atomic E-state index is -4.71. The van der Waals surface area contributed by atoms with Crippen molar-refractivity contribution in [3.8, 4) is 0 Å². The van der Waals surface area contributed by atoms with Gasteiger partial charge in [0.25, 0.3) is 5.91 Å². The standard InChI is InChI=1S/C11H15F4NO3/c12-9(13)11(14,15)10(19)16-6-2-1-3-7(16)4-5-8(17)18/h7,9H,1-6H2,(H,17,18). The van der Waals surface area contributed by atoms with E-state index in [9.17, 15) is 27.2 Å². The Labute approximate surface area is 107 Å². The summed E-state index contributed by atoms with van der Waals surface area (Å²) in [4.78, 5) is 22.6. The van der Waals surface area contributed by atoms with Crippen molar-refractivity contribution in [2.45, 2.75) is 50.5 Å². The van der Waals surface area contributed by atoms with Gasteiger partial charge in [-0.1, -0.05) is 0 Å². The van der Waals surface area contributed by atoms with Gasteiger partial charge in [0, 0.05) is 19.0 Å². The Hall–Kier alpha value is -1.34. The van der Waals surface area contributed by atoms with Crippen molar-refractivity contribution in [1.29, 1.82) is 0 Å². The van der Waals surface area contributed by atoms with Crippen molar-refractivity contribution >= 4 is 11.9 Å². The predicted molar refractivity (Wildman–Crippen MR) is 57.2 cm³/mol. The van der Waals surface area contributed by atoms with Gasteiger partial charge in [-0.15, -0.1) is 0 Å². The number of hydrogen-bond donors (Lipinski definition) is 1.